The topological polar surface area (TPSA) is 12.0 Å². The Bertz CT molecular complexity index is 190. The minimum atomic E-state index is 0.786. The second-order valence-electron chi connectivity index (χ2n) is 6.23. The summed E-state index contributed by atoms with van der Waals surface area (Å²) in [5, 5.41) is 3.74. The molecule has 0 amide bonds. The zero-order chi connectivity index (χ0) is 13.2. The van der Waals surface area contributed by atoms with Gasteiger partial charge in [0.15, 0.2) is 0 Å². The number of nitrogens with one attached hydrogen (secondary N) is 1. The molecule has 1 saturated carbocycles. The molecule has 1 aliphatic rings. The van der Waals surface area contributed by atoms with E-state index in [-0.39, 0.29) is 0 Å². The van der Waals surface area contributed by atoms with Crippen LogP contribution in [0.4, 0.5) is 0 Å². The largest absolute Gasteiger partial charge is 0.314 e. The summed E-state index contributed by atoms with van der Waals surface area (Å²) in [5.41, 5.74) is 0. The van der Waals surface area contributed by atoms with Crippen LogP contribution in [0.2, 0.25) is 0 Å². The number of rotatable bonds is 9. The van der Waals surface area contributed by atoms with Gasteiger partial charge in [-0.05, 0) is 44.1 Å². The van der Waals surface area contributed by atoms with Gasteiger partial charge in [0.05, 0.1) is 0 Å². The lowest BCUT2D eigenvalue weighted by atomic mass is 9.75. The molecule has 1 N–H and O–H groups in total. The molecular formula is C17H35N. The van der Waals surface area contributed by atoms with Gasteiger partial charge in [0.2, 0.25) is 0 Å². The first-order valence-corrected chi connectivity index (χ1v) is 8.55. The van der Waals surface area contributed by atoms with E-state index in [0.717, 1.165) is 17.9 Å². The lowest BCUT2D eigenvalue weighted by Crippen LogP contribution is -2.31. The van der Waals surface area contributed by atoms with E-state index in [4.69, 9.17) is 0 Å². The Hall–Kier alpha value is -0.0400. The van der Waals surface area contributed by atoms with Crippen molar-refractivity contribution in [1.82, 2.24) is 5.32 Å². The molecule has 3 atom stereocenters. The zero-order valence-corrected chi connectivity index (χ0v) is 13.0. The molecule has 0 aromatic carbocycles. The van der Waals surface area contributed by atoms with Crippen LogP contribution in [0.3, 0.4) is 0 Å². The Labute approximate surface area is 115 Å². The van der Waals surface area contributed by atoms with Crippen molar-refractivity contribution >= 4 is 0 Å². The molecule has 1 heteroatoms. The SMILES string of the molecule is CCCNC(CCC)CCC1CCCCC1CC. The third-order valence-electron chi connectivity index (χ3n) is 4.80. The van der Waals surface area contributed by atoms with Crippen LogP contribution in [-0.4, -0.2) is 12.6 Å². The van der Waals surface area contributed by atoms with Gasteiger partial charge in [-0.15, -0.1) is 0 Å². The van der Waals surface area contributed by atoms with Crippen molar-refractivity contribution in [2.75, 3.05) is 6.54 Å². The Kier molecular flexibility index (Phi) is 8.75. The molecule has 1 rings (SSSR count). The standard InChI is InChI=1S/C17H35N/c1-4-9-17(18-14-5-2)13-12-16-11-8-7-10-15(16)6-3/h15-18H,4-14H2,1-3H3. The van der Waals surface area contributed by atoms with Gasteiger partial charge in [0.1, 0.15) is 0 Å². The molecule has 0 aromatic rings. The van der Waals surface area contributed by atoms with Gasteiger partial charge >= 0.3 is 0 Å². The highest BCUT2D eigenvalue weighted by Gasteiger charge is 2.24. The average Bonchev–Trinajstić information content (AvgIpc) is 2.42. The van der Waals surface area contributed by atoms with Crippen LogP contribution in [0.5, 0.6) is 0 Å². The molecule has 3 unspecified atom stereocenters. The molecule has 108 valence electrons. The summed E-state index contributed by atoms with van der Waals surface area (Å²) in [6.07, 6.45) is 14.2. The summed E-state index contributed by atoms with van der Waals surface area (Å²) in [6, 6.07) is 0.786. The molecule has 0 heterocycles. The van der Waals surface area contributed by atoms with E-state index in [1.54, 1.807) is 0 Å². The van der Waals surface area contributed by atoms with Crippen LogP contribution in [0.1, 0.15) is 85.0 Å². The van der Waals surface area contributed by atoms with Gasteiger partial charge in [-0.1, -0.05) is 59.3 Å². The Morgan fingerprint density at radius 1 is 0.944 bits per heavy atom. The fourth-order valence-corrected chi connectivity index (χ4v) is 3.66. The van der Waals surface area contributed by atoms with Crippen molar-refractivity contribution in [3.05, 3.63) is 0 Å². The first-order chi connectivity index (χ1) is 8.81. The van der Waals surface area contributed by atoms with E-state index in [9.17, 15) is 0 Å². The molecule has 18 heavy (non-hydrogen) atoms. The van der Waals surface area contributed by atoms with Crippen LogP contribution in [0.15, 0.2) is 0 Å². The Morgan fingerprint density at radius 3 is 2.28 bits per heavy atom. The third-order valence-corrected chi connectivity index (χ3v) is 4.80. The van der Waals surface area contributed by atoms with E-state index in [0.29, 0.717) is 0 Å². The second-order valence-corrected chi connectivity index (χ2v) is 6.23. The van der Waals surface area contributed by atoms with Gasteiger partial charge in [-0.2, -0.15) is 0 Å². The van der Waals surface area contributed by atoms with E-state index in [2.05, 4.69) is 26.1 Å². The fraction of sp³-hybridized carbons (Fsp3) is 1.00. The van der Waals surface area contributed by atoms with E-state index >= 15 is 0 Å². The minimum absolute atomic E-state index is 0.786. The molecule has 1 aliphatic carbocycles. The van der Waals surface area contributed by atoms with Crippen LogP contribution in [-0.2, 0) is 0 Å². The highest BCUT2D eigenvalue weighted by atomic mass is 14.9. The summed E-state index contributed by atoms with van der Waals surface area (Å²) < 4.78 is 0. The highest BCUT2D eigenvalue weighted by molar-refractivity contribution is 4.77. The minimum Gasteiger partial charge on any atom is -0.314 e. The molecule has 0 radical (unpaired) electrons. The van der Waals surface area contributed by atoms with Crippen LogP contribution < -0.4 is 5.32 Å². The summed E-state index contributed by atoms with van der Waals surface area (Å²) in [7, 11) is 0. The normalized spacial score (nSPS) is 26.2. The lowest BCUT2D eigenvalue weighted by Gasteiger charge is -2.32. The summed E-state index contributed by atoms with van der Waals surface area (Å²) >= 11 is 0. The average molecular weight is 253 g/mol. The predicted octanol–water partition coefficient (Wildman–Crippen LogP) is 5.15. The maximum Gasteiger partial charge on any atom is 0.00670 e. The van der Waals surface area contributed by atoms with Crippen molar-refractivity contribution in [2.24, 2.45) is 11.8 Å². The maximum absolute atomic E-state index is 3.74. The first-order valence-electron chi connectivity index (χ1n) is 8.55. The Morgan fingerprint density at radius 2 is 1.67 bits per heavy atom. The first kappa shape index (κ1) is 16.0. The molecule has 0 aromatic heterocycles. The number of hydrogen-bond acceptors (Lipinski definition) is 1. The van der Waals surface area contributed by atoms with Crippen LogP contribution >= 0.6 is 0 Å². The van der Waals surface area contributed by atoms with Gasteiger partial charge in [0.25, 0.3) is 0 Å². The van der Waals surface area contributed by atoms with E-state index in [1.165, 1.54) is 70.8 Å². The van der Waals surface area contributed by atoms with Crippen molar-refractivity contribution in [1.29, 1.82) is 0 Å². The van der Waals surface area contributed by atoms with Crippen molar-refractivity contribution in [3.63, 3.8) is 0 Å². The molecule has 1 fully saturated rings. The third kappa shape index (κ3) is 5.73. The fourth-order valence-electron chi connectivity index (χ4n) is 3.66. The van der Waals surface area contributed by atoms with Crippen molar-refractivity contribution in [3.8, 4) is 0 Å². The quantitative estimate of drug-likeness (QED) is 0.599. The maximum atomic E-state index is 3.74. The van der Waals surface area contributed by atoms with Crippen molar-refractivity contribution < 1.29 is 0 Å². The van der Waals surface area contributed by atoms with Gasteiger partial charge in [-0.25, -0.2) is 0 Å². The van der Waals surface area contributed by atoms with Gasteiger partial charge < -0.3 is 5.32 Å². The smallest absolute Gasteiger partial charge is 0.00670 e. The predicted molar refractivity (Wildman–Crippen MR) is 82.0 cm³/mol. The molecule has 0 aliphatic heterocycles. The molecular weight excluding hydrogens is 218 g/mol. The van der Waals surface area contributed by atoms with Gasteiger partial charge in [0, 0.05) is 6.04 Å². The summed E-state index contributed by atoms with van der Waals surface area (Å²) in [4.78, 5) is 0. The van der Waals surface area contributed by atoms with Crippen molar-refractivity contribution in [2.45, 2.75) is 91.0 Å². The summed E-state index contributed by atoms with van der Waals surface area (Å²) in [5.74, 6) is 2.07. The molecule has 0 spiro atoms. The molecule has 0 saturated heterocycles. The van der Waals surface area contributed by atoms with Crippen LogP contribution in [0, 0.1) is 11.8 Å². The van der Waals surface area contributed by atoms with Gasteiger partial charge in [-0.3, -0.25) is 0 Å². The Balaban J connectivity index is 2.29. The van der Waals surface area contributed by atoms with Crippen LogP contribution in [0.25, 0.3) is 0 Å². The zero-order valence-electron chi connectivity index (χ0n) is 13.0. The summed E-state index contributed by atoms with van der Waals surface area (Å²) in [6.45, 7) is 8.18. The monoisotopic (exact) mass is 253 g/mol. The highest BCUT2D eigenvalue weighted by Crippen LogP contribution is 2.35. The van der Waals surface area contributed by atoms with E-state index in [1.807, 2.05) is 0 Å². The number of hydrogen-bond donors (Lipinski definition) is 1. The lowest BCUT2D eigenvalue weighted by molar-refractivity contribution is 0.206. The van der Waals surface area contributed by atoms with E-state index < -0.39 is 0 Å². The molecule has 0 bridgehead atoms. The second kappa shape index (κ2) is 9.83. The molecule has 1 nitrogen and oxygen atoms in total.